The Labute approximate surface area is 183 Å². The zero-order valence-electron chi connectivity index (χ0n) is 18.0. The summed E-state index contributed by atoms with van der Waals surface area (Å²) in [6, 6.07) is 9.11. The van der Waals surface area contributed by atoms with Crippen molar-refractivity contribution in [2.45, 2.75) is 31.7 Å². The monoisotopic (exact) mass is 437 g/mol. The van der Waals surface area contributed by atoms with Crippen LogP contribution in [0.3, 0.4) is 0 Å². The lowest BCUT2D eigenvalue weighted by Crippen LogP contribution is -2.15. The summed E-state index contributed by atoms with van der Waals surface area (Å²) in [6.45, 7) is 5.79. The molecule has 31 heavy (non-hydrogen) atoms. The molecule has 0 aliphatic carbocycles. The summed E-state index contributed by atoms with van der Waals surface area (Å²) < 4.78 is 12.2. The van der Waals surface area contributed by atoms with Gasteiger partial charge < -0.3 is 9.47 Å². The number of aromatic nitrogens is 5. The number of nitrogens with zero attached hydrogens (tertiary/aromatic N) is 4. The van der Waals surface area contributed by atoms with Gasteiger partial charge in [0.1, 0.15) is 0 Å². The third kappa shape index (κ3) is 4.13. The Morgan fingerprint density at radius 1 is 0.968 bits per heavy atom. The van der Waals surface area contributed by atoms with Gasteiger partial charge in [-0.3, -0.25) is 9.89 Å². The van der Waals surface area contributed by atoms with Gasteiger partial charge in [0.2, 0.25) is 0 Å². The first-order chi connectivity index (χ1) is 14.9. The maximum Gasteiger partial charge on any atom is 0.272 e. The molecule has 3 heterocycles. The van der Waals surface area contributed by atoms with Crippen LogP contribution in [0.5, 0.6) is 11.5 Å². The lowest BCUT2D eigenvalue weighted by molar-refractivity contribution is 0.355. The molecule has 1 aromatic carbocycles. The third-order valence-electron chi connectivity index (χ3n) is 4.83. The maximum atomic E-state index is 12.7. The number of methoxy groups -OCH3 is 2. The molecule has 8 nitrogen and oxygen atoms in total. The molecule has 0 aliphatic rings. The summed E-state index contributed by atoms with van der Waals surface area (Å²) in [4.78, 5) is 26.4. The van der Waals surface area contributed by atoms with Crippen molar-refractivity contribution in [3.05, 3.63) is 63.5 Å². The topological polar surface area (TPSA) is 94.4 Å². The highest BCUT2D eigenvalue weighted by Gasteiger charge is 2.17. The van der Waals surface area contributed by atoms with E-state index in [1.807, 2.05) is 45.0 Å². The first-order valence-corrected chi connectivity index (χ1v) is 10.7. The Morgan fingerprint density at radius 2 is 1.68 bits per heavy atom. The summed E-state index contributed by atoms with van der Waals surface area (Å²) in [5.41, 5.74) is 5.44. The molecule has 0 unspecified atom stereocenters. The molecule has 0 spiro atoms. The second-order valence-corrected chi connectivity index (χ2v) is 8.09. The Balaban J connectivity index is 1.75. The highest BCUT2D eigenvalue weighted by Crippen LogP contribution is 2.35. The minimum atomic E-state index is -0.170. The number of aromatic amines is 1. The van der Waals surface area contributed by atoms with Crippen LogP contribution in [0.15, 0.2) is 40.3 Å². The van der Waals surface area contributed by atoms with Crippen LogP contribution in [0.25, 0.3) is 16.8 Å². The van der Waals surface area contributed by atoms with Gasteiger partial charge in [-0.05, 0) is 44.5 Å². The van der Waals surface area contributed by atoms with Crippen LogP contribution in [0, 0.1) is 20.8 Å². The van der Waals surface area contributed by atoms with Gasteiger partial charge in [-0.2, -0.15) is 0 Å². The lowest BCUT2D eigenvalue weighted by atomic mass is 10.1. The largest absolute Gasteiger partial charge is 0.493 e. The van der Waals surface area contributed by atoms with Crippen molar-refractivity contribution in [2.75, 3.05) is 14.2 Å². The van der Waals surface area contributed by atoms with Crippen molar-refractivity contribution in [1.82, 2.24) is 24.6 Å². The van der Waals surface area contributed by atoms with Gasteiger partial charge in [0.15, 0.2) is 22.3 Å². The van der Waals surface area contributed by atoms with Crippen molar-refractivity contribution < 1.29 is 9.47 Å². The maximum absolute atomic E-state index is 12.7. The van der Waals surface area contributed by atoms with Gasteiger partial charge in [-0.1, -0.05) is 17.8 Å². The SMILES string of the molecule is COc1ccc(-c2c(C)[nH]n3c(=O)cc(CSc4nc(C)cc(C)n4)nc23)cc1OC. The van der Waals surface area contributed by atoms with E-state index in [0.717, 1.165) is 28.2 Å². The zero-order valence-corrected chi connectivity index (χ0v) is 18.8. The molecule has 0 saturated heterocycles. The second kappa shape index (κ2) is 8.43. The van der Waals surface area contributed by atoms with E-state index in [2.05, 4.69) is 15.1 Å². The number of aryl methyl sites for hydroxylation is 3. The van der Waals surface area contributed by atoms with Crippen LogP contribution in [0.4, 0.5) is 0 Å². The molecular formula is C22H23N5O3S. The Morgan fingerprint density at radius 3 is 2.35 bits per heavy atom. The predicted molar refractivity (Wildman–Crippen MR) is 120 cm³/mol. The molecule has 0 fully saturated rings. The van der Waals surface area contributed by atoms with Crippen LogP contribution in [-0.2, 0) is 5.75 Å². The highest BCUT2D eigenvalue weighted by atomic mass is 32.2. The minimum Gasteiger partial charge on any atom is -0.493 e. The van der Waals surface area contributed by atoms with Gasteiger partial charge in [0, 0.05) is 34.5 Å². The zero-order chi connectivity index (χ0) is 22.1. The molecule has 0 bridgehead atoms. The van der Waals surface area contributed by atoms with Crippen LogP contribution < -0.4 is 15.0 Å². The standard InChI is InChI=1S/C22H23N5O3S/c1-12-8-13(2)24-22(23-12)31-11-16-10-19(28)27-21(25-16)20(14(3)26-27)15-6-7-17(29-4)18(9-15)30-5/h6-10,26H,11H2,1-5H3. The van der Waals surface area contributed by atoms with Gasteiger partial charge in [0.05, 0.1) is 19.9 Å². The van der Waals surface area contributed by atoms with Crippen LogP contribution >= 0.6 is 11.8 Å². The van der Waals surface area contributed by atoms with E-state index in [9.17, 15) is 4.79 Å². The fourth-order valence-corrected chi connectivity index (χ4v) is 4.35. The van der Waals surface area contributed by atoms with Crippen molar-refractivity contribution in [3.8, 4) is 22.6 Å². The predicted octanol–water partition coefficient (Wildman–Crippen LogP) is 3.71. The number of benzene rings is 1. The normalized spacial score (nSPS) is 11.1. The van der Waals surface area contributed by atoms with E-state index in [-0.39, 0.29) is 5.56 Å². The van der Waals surface area contributed by atoms with Crippen molar-refractivity contribution >= 4 is 17.4 Å². The van der Waals surface area contributed by atoms with Crippen LogP contribution in [-0.4, -0.2) is 38.8 Å². The van der Waals surface area contributed by atoms with Crippen LogP contribution in [0.1, 0.15) is 22.8 Å². The first kappa shape index (κ1) is 20.9. The Hall–Kier alpha value is -3.33. The number of rotatable bonds is 6. The van der Waals surface area contributed by atoms with Gasteiger partial charge in [-0.25, -0.2) is 19.5 Å². The van der Waals surface area contributed by atoms with E-state index in [0.29, 0.717) is 33.7 Å². The summed E-state index contributed by atoms with van der Waals surface area (Å²) in [5.74, 6) is 1.74. The molecule has 3 aromatic heterocycles. The fraction of sp³-hybridized carbons (Fsp3) is 0.273. The van der Waals surface area contributed by atoms with Gasteiger partial charge >= 0.3 is 0 Å². The molecule has 4 aromatic rings. The number of ether oxygens (including phenoxy) is 2. The molecule has 1 N–H and O–H groups in total. The number of hydrogen-bond donors (Lipinski definition) is 1. The third-order valence-corrected chi connectivity index (χ3v) is 5.71. The van der Waals surface area contributed by atoms with Gasteiger partial charge in [0.25, 0.3) is 5.56 Å². The van der Waals surface area contributed by atoms with Crippen molar-refractivity contribution in [1.29, 1.82) is 0 Å². The number of H-pyrrole nitrogens is 1. The average Bonchev–Trinajstić information content (AvgIpc) is 3.07. The van der Waals surface area contributed by atoms with E-state index >= 15 is 0 Å². The smallest absolute Gasteiger partial charge is 0.272 e. The van der Waals surface area contributed by atoms with Crippen LogP contribution in [0.2, 0.25) is 0 Å². The number of fused-ring (bicyclic) bond motifs is 1. The number of hydrogen-bond acceptors (Lipinski definition) is 7. The molecular weight excluding hydrogens is 414 g/mol. The lowest BCUT2D eigenvalue weighted by Gasteiger charge is -2.09. The van der Waals surface area contributed by atoms with Crippen molar-refractivity contribution in [3.63, 3.8) is 0 Å². The molecule has 0 aliphatic heterocycles. The Kier molecular flexibility index (Phi) is 5.69. The number of nitrogens with one attached hydrogen (secondary N) is 1. The molecule has 0 atom stereocenters. The summed E-state index contributed by atoms with van der Waals surface area (Å²) in [7, 11) is 3.19. The summed E-state index contributed by atoms with van der Waals surface area (Å²) in [5, 5.41) is 3.79. The van der Waals surface area contributed by atoms with Gasteiger partial charge in [-0.15, -0.1) is 0 Å². The van der Waals surface area contributed by atoms with E-state index in [1.165, 1.54) is 22.3 Å². The summed E-state index contributed by atoms with van der Waals surface area (Å²) >= 11 is 1.46. The molecule has 160 valence electrons. The highest BCUT2D eigenvalue weighted by molar-refractivity contribution is 7.98. The average molecular weight is 438 g/mol. The van der Waals surface area contributed by atoms with Crippen molar-refractivity contribution in [2.24, 2.45) is 0 Å². The Bertz CT molecular complexity index is 1310. The molecule has 0 saturated carbocycles. The second-order valence-electron chi connectivity index (χ2n) is 7.15. The molecule has 0 radical (unpaired) electrons. The minimum absolute atomic E-state index is 0.170. The first-order valence-electron chi connectivity index (χ1n) is 9.68. The van der Waals surface area contributed by atoms with E-state index in [1.54, 1.807) is 14.2 Å². The number of thioether (sulfide) groups is 1. The summed E-state index contributed by atoms with van der Waals surface area (Å²) in [6.07, 6.45) is 0. The molecule has 9 heteroatoms. The molecule has 4 rings (SSSR count). The quantitative estimate of drug-likeness (QED) is 0.363. The van der Waals surface area contributed by atoms with E-state index in [4.69, 9.17) is 14.5 Å². The fourth-order valence-electron chi connectivity index (χ4n) is 3.50. The molecule has 0 amide bonds. The van der Waals surface area contributed by atoms with E-state index < -0.39 is 0 Å².